The molecule has 0 bridgehead atoms. The van der Waals surface area contributed by atoms with Gasteiger partial charge in [0.05, 0.1) is 4.34 Å². The molecule has 0 aliphatic carbocycles. The van der Waals surface area contributed by atoms with E-state index < -0.39 is 10.0 Å². The van der Waals surface area contributed by atoms with E-state index in [2.05, 4.69) is 5.32 Å². The van der Waals surface area contributed by atoms with Crippen molar-refractivity contribution < 1.29 is 17.6 Å². The lowest BCUT2D eigenvalue weighted by atomic mass is 9.85. The number of amides is 1. The minimum atomic E-state index is -3.53. The van der Waals surface area contributed by atoms with Crippen LogP contribution in [0.5, 0.6) is 0 Å². The number of piperidine rings is 1. The molecule has 1 saturated heterocycles. The minimum absolute atomic E-state index is 0.101. The van der Waals surface area contributed by atoms with Gasteiger partial charge in [-0.1, -0.05) is 30.7 Å². The molecule has 1 atom stereocenters. The summed E-state index contributed by atoms with van der Waals surface area (Å²) in [4.78, 5) is 12.5. The summed E-state index contributed by atoms with van der Waals surface area (Å²) in [5.74, 6) is -0.573. The van der Waals surface area contributed by atoms with E-state index in [-0.39, 0.29) is 34.3 Å². The SMILES string of the molecule is C[C@@H](C(=O)NCc1cccc(F)c1)C1CCN(S(=O)(=O)c2ccc(Cl)s2)CC1. The molecule has 1 amide bonds. The standard InChI is InChI=1S/C19H22ClFN2O3S2/c1-13(19(24)22-12-14-3-2-4-16(21)11-14)15-7-9-23(10-8-15)28(25,26)18-6-5-17(20)27-18/h2-6,11,13,15H,7-10,12H2,1H3,(H,22,24)/t13-/m1/s1. The van der Waals surface area contributed by atoms with Gasteiger partial charge in [0.2, 0.25) is 5.91 Å². The molecule has 28 heavy (non-hydrogen) atoms. The fourth-order valence-electron chi connectivity index (χ4n) is 3.39. The molecular weight excluding hydrogens is 423 g/mol. The largest absolute Gasteiger partial charge is 0.352 e. The van der Waals surface area contributed by atoms with Gasteiger partial charge in [-0.25, -0.2) is 12.8 Å². The number of nitrogens with zero attached hydrogens (tertiary/aromatic N) is 1. The lowest BCUT2D eigenvalue weighted by molar-refractivity contribution is -0.126. The first-order valence-electron chi connectivity index (χ1n) is 9.05. The third-order valence-electron chi connectivity index (χ3n) is 5.12. The molecule has 1 aromatic heterocycles. The molecular formula is C19H22ClFN2O3S2. The topological polar surface area (TPSA) is 66.5 Å². The zero-order chi connectivity index (χ0) is 20.3. The quantitative estimate of drug-likeness (QED) is 0.734. The van der Waals surface area contributed by atoms with Crippen LogP contribution >= 0.6 is 22.9 Å². The Kier molecular flexibility index (Phi) is 6.75. The summed E-state index contributed by atoms with van der Waals surface area (Å²) >= 11 is 6.91. The van der Waals surface area contributed by atoms with Crippen LogP contribution in [0.4, 0.5) is 4.39 Å². The van der Waals surface area contributed by atoms with Crippen LogP contribution in [-0.2, 0) is 21.4 Å². The third-order valence-corrected chi connectivity index (χ3v) is 8.71. The third kappa shape index (κ3) is 4.92. The molecule has 9 heteroatoms. The molecule has 0 saturated carbocycles. The van der Waals surface area contributed by atoms with Gasteiger partial charge in [0, 0.05) is 25.6 Å². The number of carbonyl (C=O) groups is 1. The van der Waals surface area contributed by atoms with E-state index in [9.17, 15) is 17.6 Å². The van der Waals surface area contributed by atoms with E-state index in [1.807, 2.05) is 6.92 Å². The fourth-order valence-corrected chi connectivity index (χ4v) is 6.50. The Morgan fingerprint density at radius 1 is 1.32 bits per heavy atom. The van der Waals surface area contributed by atoms with E-state index in [0.717, 1.165) is 11.3 Å². The van der Waals surface area contributed by atoms with Crippen molar-refractivity contribution in [2.24, 2.45) is 11.8 Å². The highest BCUT2D eigenvalue weighted by Crippen LogP contribution is 2.32. The van der Waals surface area contributed by atoms with Gasteiger partial charge in [0.1, 0.15) is 10.0 Å². The molecule has 2 heterocycles. The summed E-state index contributed by atoms with van der Waals surface area (Å²) in [6.45, 7) is 2.89. The molecule has 1 aliphatic heterocycles. The average Bonchev–Trinajstić information content (AvgIpc) is 3.13. The van der Waals surface area contributed by atoms with E-state index in [0.29, 0.717) is 35.8 Å². The number of thiophene rings is 1. The number of hydrogen-bond donors (Lipinski definition) is 1. The number of benzene rings is 1. The van der Waals surface area contributed by atoms with Crippen LogP contribution in [0.3, 0.4) is 0 Å². The maximum Gasteiger partial charge on any atom is 0.252 e. The minimum Gasteiger partial charge on any atom is -0.352 e. The summed E-state index contributed by atoms with van der Waals surface area (Å²) in [5, 5.41) is 2.84. The lowest BCUT2D eigenvalue weighted by Crippen LogP contribution is -2.42. The van der Waals surface area contributed by atoms with E-state index >= 15 is 0 Å². The van der Waals surface area contributed by atoms with Crippen molar-refractivity contribution in [3.63, 3.8) is 0 Å². The van der Waals surface area contributed by atoms with Crippen LogP contribution in [-0.4, -0.2) is 31.7 Å². The Morgan fingerprint density at radius 2 is 2.04 bits per heavy atom. The number of rotatable bonds is 6. The molecule has 3 rings (SSSR count). The lowest BCUT2D eigenvalue weighted by Gasteiger charge is -2.33. The highest BCUT2D eigenvalue weighted by Gasteiger charge is 2.34. The summed E-state index contributed by atoms with van der Waals surface area (Å²) < 4.78 is 40.7. The molecule has 2 aromatic rings. The molecule has 0 unspecified atom stereocenters. The maximum atomic E-state index is 13.2. The highest BCUT2D eigenvalue weighted by molar-refractivity contribution is 7.91. The molecule has 1 fully saturated rings. The highest BCUT2D eigenvalue weighted by atomic mass is 35.5. The van der Waals surface area contributed by atoms with Crippen LogP contribution < -0.4 is 5.32 Å². The first-order chi connectivity index (χ1) is 13.3. The normalized spacial score (nSPS) is 17.4. The van der Waals surface area contributed by atoms with Gasteiger partial charge in [0.15, 0.2) is 0 Å². The zero-order valence-electron chi connectivity index (χ0n) is 15.4. The van der Waals surface area contributed by atoms with Crippen LogP contribution in [0.25, 0.3) is 0 Å². The van der Waals surface area contributed by atoms with Crippen molar-refractivity contribution in [3.8, 4) is 0 Å². The van der Waals surface area contributed by atoms with Crippen LogP contribution in [0.2, 0.25) is 4.34 Å². The van der Waals surface area contributed by atoms with Crippen molar-refractivity contribution in [1.82, 2.24) is 9.62 Å². The average molecular weight is 445 g/mol. The molecule has 1 aliphatic rings. The Bertz CT molecular complexity index is 940. The monoisotopic (exact) mass is 444 g/mol. The Hall–Kier alpha value is -1.48. The second-order valence-corrected chi connectivity index (χ2v) is 10.8. The first-order valence-corrected chi connectivity index (χ1v) is 11.7. The molecule has 5 nitrogen and oxygen atoms in total. The molecule has 0 radical (unpaired) electrons. The van der Waals surface area contributed by atoms with Gasteiger partial charge in [-0.3, -0.25) is 4.79 Å². The number of nitrogens with one attached hydrogen (secondary N) is 1. The predicted octanol–water partition coefficient (Wildman–Crippen LogP) is 3.89. The van der Waals surface area contributed by atoms with Crippen LogP contribution in [0.15, 0.2) is 40.6 Å². The molecule has 152 valence electrons. The van der Waals surface area contributed by atoms with Gasteiger partial charge < -0.3 is 5.32 Å². The van der Waals surface area contributed by atoms with E-state index in [4.69, 9.17) is 11.6 Å². The van der Waals surface area contributed by atoms with Gasteiger partial charge in [-0.15, -0.1) is 11.3 Å². The number of hydrogen-bond acceptors (Lipinski definition) is 4. The van der Waals surface area contributed by atoms with Crippen LogP contribution in [0.1, 0.15) is 25.3 Å². The second kappa shape index (κ2) is 8.90. The Morgan fingerprint density at radius 3 is 2.64 bits per heavy atom. The van der Waals surface area contributed by atoms with Gasteiger partial charge in [-0.2, -0.15) is 4.31 Å². The summed E-state index contributed by atoms with van der Waals surface area (Å²) in [7, 11) is -3.53. The summed E-state index contributed by atoms with van der Waals surface area (Å²) in [5.41, 5.74) is 0.705. The second-order valence-electron chi connectivity index (χ2n) is 6.94. The van der Waals surface area contributed by atoms with Gasteiger partial charge >= 0.3 is 0 Å². The van der Waals surface area contributed by atoms with Crippen molar-refractivity contribution in [2.45, 2.75) is 30.5 Å². The van der Waals surface area contributed by atoms with Gasteiger partial charge in [0.25, 0.3) is 10.0 Å². The summed E-state index contributed by atoms with van der Waals surface area (Å²) in [6.07, 6.45) is 1.24. The van der Waals surface area contributed by atoms with Gasteiger partial charge in [-0.05, 0) is 48.6 Å². The summed E-state index contributed by atoms with van der Waals surface area (Å²) in [6, 6.07) is 9.23. The Labute approximate surface area is 173 Å². The predicted molar refractivity (Wildman–Crippen MR) is 108 cm³/mol. The molecule has 0 spiro atoms. The van der Waals surface area contributed by atoms with Crippen molar-refractivity contribution in [2.75, 3.05) is 13.1 Å². The Balaban J connectivity index is 1.53. The smallest absolute Gasteiger partial charge is 0.252 e. The maximum absolute atomic E-state index is 13.2. The fraction of sp³-hybridized carbons (Fsp3) is 0.421. The molecule has 1 aromatic carbocycles. The number of sulfonamides is 1. The van der Waals surface area contributed by atoms with E-state index in [1.165, 1.54) is 22.5 Å². The van der Waals surface area contributed by atoms with Crippen molar-refractivity contribution in [1.29, 1.82) is 0 Å². The molecule has 1 N–H and O–H groups in total. The van der Waals surface area contributed by atoms with Crippen molar-refractivity contribution in [3.05, 3.63) is 52.1 Å². The number of halogens is 2. The van der Waals surface area contributed by atoms with Crippen molar-refractivity contribution >= 4 is 38.9 Å². The number of carbonyl (C=O) groups excluding carboxylic acids is 1. The van der Waals surface area contributed by atoms with E-state index in [1.54, 1.807) is 18.2 Å². The zero-order valence-corrected chi connectivity index (χ0v) is 17.8. The first kappa shape index (κ1) is 21.2. The van der Waals surface area contributed by atoms with Crippen LogP contribution in [0, 0.1) is 17.7 Å².